The van der Waals surface area contributed by atoms with Crippen LogP contribution in [0.15, 0.2) is 24.3 Å². The predicted molar refractivity (Wildman–Crippen MR) is 81.1 cm³/mol. The van der Waals surface area contributed by atoms with Crippen LogP contribution in [0.4, 0.5) is 10.5 Å². The molecule has 0 aliphatic heterocycles. The second-order valence-corrected chi connectivity index (χ2v) is 6.65. The van der Waals surface area contributed by atoms with E-state index in [1.165, 1.54) is 4.90 Å². The first-order valence-electron chi connectivity index (χ1n) is 5.58. The molecule has 4 nitrogen and oxygen atoms in total. The van der Waals surface area contributed by atoms with Gasteiger partial charge in [-0.25, -0.2) is 4.79 Å². The van der Waals surface area contributed by atoms with Gasteiger partial charge in [0.05, 0.1) is 0 Å². The lowest BCUT2D eigenvalue weighted by Crippen LogP contribution is -2.52. The molecule has 2 N–H and O–H groups in total. The van der Waals surface area contributed by atoms with Gasteiger partial charge in [0.2, 0.25) is 3.79 Å². The van der Waals surface area contributed by atoms with E-state index in [0.717, 1.165) is 11.3 Å². The first-order chi connectivity index (χ1) is 8.71. The molecule has 2 amide bonds. The number of nitrogens with one attached hydrogen (secondary N) is 2. The molecule has 0 heterocycles. The minimum Gasteiger partial charge on any atom is -0.362 e. The normalized spacial score (nSPS) is 12.7. The quantitative estimate of drug-likeness (QED) is 0.661. The third kappa shape index (κ3) is 4.97. The second-order valence-electron chi connectivity index (χ2n) is 4.28. The van der Waals surface area contributed by atoms with Crippen LogP contribution in [0, 0.1) is 6.92 Å². The largest absolute Gasteiger partial charge is 0.362 e. The summed E-state index contributed by atoms with van der Waals surface area (Å²) in [4.78, 5) is 13.0. The standard InChI is InChI=1S/C12H16Cl3N3O/c1-8-6-4-5-7-9(8)16-10(12(13,14)15)17-11(19)18(2)3/h4-7,10,16H,1-3H3,(H,17,19). The van der Waals surface area contributed by atoms with E-state index >= 15 is 0 Å². The SMILES string of the molecule is Cc1ccccc1NC(NC(=O)N(C)C)C(Cl)(Cl)Cl. The zero-order valence-corrected chi connectivity index (χ0v) is 13.1. The number of carbonyl (C=O) groups is 1. The van der Waals surface area contributed by atoms with Gasteiger partial charge >= 0.3 is 6.03 Å². The van der Waals surface area contributed by atoms with Gasteiger partial charge < -0.3 is 15.5 Å². The van der Waals surface area contributed by atoms with Crippen LogP contribution in [0.2, 0.25) is 0 Å². The van der Waals surface area contributed by atoms with Gasteiger partial charge in [0.15, 0.2) is 0 Å². The number of nitrogens with zero attached hydrogens (tertiary/aromatic N) is 1. The highest BCUT2D eigenvalue weighted by molar-refractivity contribution is 6.68. The van der Waals surface area contributed by atoms with E-state index in [2.05, 4.69) is 10.6 Å². The van der Waals surface area contributed by atoms with Crippen LogP contribution in [0.5, 0.6) is 0 Å². The Balaban J connectivity index is 2.88. The summed E-state index contributed by atoms with van der Waals surface area (Å²) in [5, 5.41) is 5.63. The summed E-state index contributed by atoms with van der Waals surface area (Å²) >= 11 is 17.7. The Kier molecular flexibility index (Phi) is 5.59. The fraction of sp³-hybridized carbons (Fsp3) is 0.417. The van der Waals surface area contributed by atoms with E-state index < -0.39 is 9.96 Å². The number of para-hydroxylation sites is 1. The number of urea groups is 1. The number of alkyl halides is 3. The third-order valence-electron chi connectivity index (χ3n) is 2.45. The lowest BCUT2D eigenvalue weighted by Gasteiger charge is -2.29. The highest BCUT2D eigenvalue weighted by atomic mass is 35.6. The van der Waals surface area contributed by atoms with E-state index in [1.807, 2.05) is 31.2 Å². The van der Waals surface area contributed by atoms with Gasteiger partial charge in [-0.2, -0.15) is 0 Å². The van der Waals surface area contributed by atoms with Gasteiger partial charge in [0, 0.05) is 19.8 Å². The van der Waals surface area contributed by atoms with Crippen LogP contribution < -0.4 is 10.6 Å². The van der Waals surface area contributed by atoms with Crippen LogP contribution in [0.1, 0.15) is 5.56 Å². The summed E-state index contributed by atoms with van der Waals surface area (Å²) in [6.07, 6.45) is -0.839. The summed E-state index contributed by atoms with van der Waals surface area (Å²) in [7, 11) is 3.22. The molecule has 0 aliphatic carbocycles. The van der Waals surface area contributed by atoms with Crippen molar-refractivity contribution in [3.05, 3.63) is 29.8 Å². The van der Waals surface area contributed by atoms with Gasteiger partial charge in [-0.3, -0.25) is 0 Å². The first-order valence-corrected chi connectivity index (χ1v) is 6.72. The van der Waals surface area contributed by atoms with Gasteiger partial charge in [-0.05, 0) is 18.6 Å². The number of benzene rings is 1. The van der Waals surface area contributed by atoms with Crippen LogP contribution >= 0.6 is 34.8 Å². The van der Waals surface area contributed by atoms with Gasteiger partial charge in [0.25, 0.3) is 0 Å². The first kappa shape index (κ1) is 16.2. The maximum Gasteiger partial charge on any atom is 0.318 e. The number of amides is 2. The number of anilines is 1. The number of carbonyl (C=O) groups excluding carboxylic acids is 1. The molecular weight excluding hydrogens is 309 g/mol. The smallest absolute Gasteiger partial charge is 0.318 e. The van der Waals surface area contributed by atoms with Crippen LogP contribution in [0.3, 0.4) is 0 Å². The van der Waals surface area contributed by atoms with Crippen molar-refractivity contribution >= 4 is 46.5 Å². The Morgan fingerprint density at radius 1 is 1.26 bits per heavy atom. The molecule has 0 radical (unpaired) electrons. The van der Waals surface area contributed by atoms with E-state index in [9.17, 15) is 4.79 Å². The summed E-state index contributed by atoms with van der Waals surface area (Å²) in [5.41, 5.74) is 1.78. The monoisotopic (exact) mass is 323 g/mol. The molecule has 1 aromatic rings. The van der Waals surface area contributed by atoms with E-state index in [4.69, 9.17) is 34.8 Å². The molecule has 1 rings (SSSR count). The number of hydrogen-bond donors (Lipinski definition) is 2. The van der Waals surface area contributed by atoms with Gasteiger partial charge in [-0.15, -0.1) is 0 Å². The van der Waals surface area contributed by atoms with Gasteiger partial charge in [0.1, 0.15) is 6.17 Å². The topological polar surface area (TPSA) is 44.4 Å². The summed E-state index contributed by atoms with van der Waals surface area (Å²) < 4.78 is -1.67. The molecule has 0 saturated carbocycles. The third-order valence-corrected chi connectivity index (χ3v) is 3.10. The average molecular weight is 325 g/mol. The Morgan fingerprint density at radius 3 is 2.32 bits per heavy atom. The lowest BCUT2D eigenvalue weighted by atomic mass is 10.2. The molecule has 0 aliphatic rings. The number of hydrogen-bond acceptors (Lipinski definition) is 2. The molecule has 0 aromatic heterocycles. The predicted octanol–water partition coefficient (Wildman–Crippen LogP) is 3.37. The van der Waals surface area contributed by atoms with Crippen molar-refractivity contribution < 1.29 is 4.79 Å². The zero-order chi connectivity index (χ0) is 14.6. The molecule has 1 atom stereocenters. The van der Waals surface area contributed by atoms with Crippen molar-refractivity contribution in [1.82, 2.24) is 10.2 Å². The van der Waals surface area contributed by atoms with Crippen LogP contribution in [-0.4, -0.2) is 35.0 Å². The molecular formula is C12H16Cl3N3O. The van der Waals surface area contributed by atoms with Crippen molar-refractivity contribution in [1.29, 1.82) is 0 Å². The molecule has 19 heavy (non-hydrogen) atoms. The van der Waals surface area contributed by atoms with Crippen LogP contribution in [0.25, 0.3) is 0 Å². The average Bonchev–Trinajstić information content (AvgIpc) is 2.29. The number of aryl methyl sites for hydroxylation is 1. The minimum absolute atomic E-state index is 0.350. The van der Waals surface area contributed by atoms with Crippen molar-refractivity contribution in [2.24, 2.45) is 0 Å². The van der Waals surface area contributed by atoms with Crippen molar-refractivity contribution in [3.63, 3.8) is 0 Å². The molecule has 0 saturated heterocycles. The molecule has 1 unspecified atom stereocenters. The molecule has 0 bridgehead atoms. The van der Waals surface area contributed by atoms with E-state index in [0.29, 0.717) is 0 Å². The molecule has 0 fully saturated rings. The molecule has 7 heteroatoms. The van der Waals surface area contributed by atoms with Crippen molar-refractivity contribution in [2.45, 2.75) is 16.9 Å². The van der Waals surface area contributed by atoms with E-state index in [1.54, 1.807) is 14.1 Å². The molecule has 1 aromatic carbocycles. The fourth-order valence-corrected chi connectivity index (χ4v) is 1.67. The van der Waals surface area contributed by atoms with Gasteiger partial charge in [-0.1, -0.05) is 53.0 Å². The summed E-state index contributed by atoms with van der Waals surface area (Å²) in [6.45, 7) is 1.92. The fourth-order valence-electron chi connectivity index (χ4n) is 1.34. The zero-order valence-electron chi connectivity index (χ0n) is 10.9. The number of rotatable bonds is 3. The van der Waals surface area contributed by atoms with E-state index in [-0.39, 0.29) is 6.03 Å². The highest BCUT2D eigenvalue weighted by Gasteiger charge is 2.34. The summed E-state index contributed by atoms with van der Waals surface area (Å²) in [5.74, 6) is 0. The summed E-state index contributed by atoms with van der Waals surface area (Å²) in [6, 6.07) is 7.19. The second kappa shape index (κ2) is 6.55. The highest BCUT2D eigenvalue weighted by Crippen LogP contribution is 2.31. The maximum atomic E-state index is 11.7. The molecule has 106 valence electrons. The Labute approximate surface area is 128 Å². The Bertz CT molecular complexity index is 446. The molecule has 0 spiro atoms. The Morgan fingerprint density at radius 2 is 1.84 bits per heavy atom. The number of halogens is 3. The minimum atomic E-state index is -1.67. The lowest BCUT2D eigenvalue weighted by molar-refractivity contribution is 0.214. The Hall–Kier alpha value is -0.840. The van der Waals surface area contributed by atoms with Crippen molar-refractivity contribution in [3.8, 4) is 0 Å². The van der Waals surface area contributed by atoms with Crippen molar-refractivity contribution in [2.75, 3.05) is 19.4 Å². The van der Waals surface area contributed by atoms with Crippen LogP contribution in [-0.2, 0) is 0 Å². The maximum absolute atomic E-state index is 11.7.